The number of halogens is 1. The molecule has 35 heavy (non-hydrogen) atoms. The molecule has 3 N–H and O–H groups in total. The Hall–Kier alpha value is -3.79. The first-order chi connectivity index (χ1) is 16.9. The van der Waals surface area contributed by atoms with Crippen LogP contribution in [0.5, 0.6) is 0 Å². The Morgan fingerprint density at radius 3 is 2.29 bits per heavy atom. The number of ketones is 2. The van der Waals surface area contributed by atoms with Crippen LogP contribution in [0.15, 0.2) is 53.9 Å². The third-order valence-corrected chi connectivity index (χ3v) is 5.96. The van der Waals surface area contributed by atoms with Crippen LogP contribution in [0.4, 0.5) is 15.8 Å². The molecule has 2 aromatic carbocycles. The second kappa shape index (κ2) is 11.6. The monoisotopic (exact) mass is 483 g/mol. The maximum Gasteiger partial charge on any atom is 0.295 e. The van der Waals surface area contributed by atoms with Crippen molar-refractivity contribution in [2.45, 2.75) is 20.3 Å². The van der Waals surface area contributed by atoms with Crippen LogP contribution in [-0.2, 0) is 0 Å². The lowest BCUT2D eigenvalue weighted by Gasteiger charge is -2.35. The number of nitro groups is 1. The predicted molar refractivity (Wildman–Crippen MR) is 132 cm³/mol. The number of fused-ring (bicyclic) bond motifs is 1. The number of nitrogens with zero attached hydrogens (tertiary/aromatic N) is 3. The molecule has 2 aliphatic rings. The summed E-state index contributed by atoms with van der Waals surface area (Å²) in [5, 5.41) is 14.3. The average Bonchev–Trinajstić information content (AvgIpc) is 2.88. The molecule has 1 saturated heterocycles. The van der Waals surface area contributed by atoms with Crippen LogP contribution in [0.2, 0.25) is 0 Å². The standard InChI is InChI=1S/C23H24FN5O4.C2H6/c24-15-6-7-18(19(14-15)29(32)33)28-12-10-27(11-13-28)9-3-8-26-21-20(25)22(30)16-4-1-2-5-17(16)23(21)31;1-2/h1-2,4-7,14,26H,3,8-13,25H2;1-2H3. The van der Waals surface area contributed by atoms with Crippen LogP contribution < -0.4 is 16.0 Å². The molecule has 1 heterocycles. The van der Waals surface area contributed by atoms with Crippen molar-refractivity contribution in [3.05, 3.63) is 80.9 Å². The van der Waals surface area contributed by atoms with Gasteiger partial charge in [0, 0.05) is 43.9 Å². The van der Waals surface area contributed by atoms with Gasteiger partial charge in [0.05, 0.1) is 11.0 Å². The lowest BCUT2D eigenvalue weighted by Crippen LogP contribution is -2.47. The van der Waals surface area contributed by atoms with Gasteiger partial charge in [-0.2, -0.15) is 0 Å². The first-order valence-electron chi connectivity index (χ1n) is 11.7. The molecule has 0 spiro atoms. The van der Waals surface area contributed by atoms with Gasteiger partial charge in [-0.05, 0) is 25.1 Å². The number of rotatable bonds is 7. The number of allylic oxidation sites excluding steroid dienone is 2. The quantitative estimate of drug-likeness (QED) is 0.350. The summed E-state index contributed by atoms with van der Waals surface area (Å²) < 4.78 is 13.4. The summed E-state index contributed by atoms with van der Waals surface area (Å²) in [4.78, 5) is 39.9. The molecule has 10 heteroatoms. The minimum absolute atomic E-state index is 0.0618. The molecule has 0 aromatic heterocycles. The Kier molecular flexibility index (Phi) is 8.53. The maximum absolute atomic E-state index is 13.4. The normalized spacial score (nSPS) is 15.9. The zero-order chi connectivity index (χ0) is 25.5. The lowest BCUT2D eigenvalue weighted by molar-refractivity contribution is -0.384. The Morgan fingerprint density at radius 2 is 1.66 bits per heavy atom. The molecule has 9 nitrogen and oxygen atoms in total. The van der Waals surface area contributed by atoms with Crippen molar-refractivity contribution >= 4 is 22.9 Å². The van der Waals surface area contributed by atoms with E-state index in [1.54, 1.807) is 24.3 Å². The van der Waals surface area contributed by atoms with E-state index in [2.05, 4.69) is 10.2 Å². The van der Waals surface area contributed by atoms with Crippen molar-refractivity contribution in [3.8, 4) is 0 Å². The number of Topliss-reactive ketones (excluding diaryl/α,β-unsaturated/α-hetero) is 2. The third kappa shape index (κ3) is 5.65. The molecule has 0 unspecified atom stereocenters. The first kappa shape index (κ1) is 25.8. The molecule has 0 amide bonds. The number of nitrogens with two attached hydrogens (primary N) is 1. The van der Waals surface area contributed by atoms with Crippen molar-refractivity contribution in [2.75, 3.05) is 44.2 Å². The molecule has 2 aromatic rings. The molecule has 4 rings (SSSR count). The van der Waals surface area contributed by atoms with Crippen LogP contribution in [-0.4, -0.2) is 60.7 Å². The van der Waals surface area contributed by atoms with E-state index in [1.165, 1.54) is 12.1 Å². The van der Waals surface area contributed by atoms with Crippen molar-refractivity contribution in [2.24, 2.45) is 5.73 Å². The molecular formula is C25H30FN5O4. The first-order valence-corrected chi connectivity index (χ1v) is 11.7. The molecule has 1 aliphatic heterocycles. The molecular weight excluding hydrogens is 453 g/mol. The largest absolute Gasteiger partial charge is 0.394 e. The highest BCUT2D eigenvalue weighted by atomic mass is 19.1. The van der Waals surface area contributed by atoms with Gasteiger partial charge in [-0.3, -0.25) is 24.6 Å². The summed E-state index contributed by atoms with van der Waals surface area (Å²) in [6.45, 7) is 7.79. The molecule has 0 atom stereocenters. The number of carbonyl (C=O) groups is 2. The van der Waals surface area contributed by atoms with E-state index in [0.717, 1.165) is 19.0 Å². The van der Waals surface area contributed by atoms with Crippen molar-refractivity contribution < 1.29 is 18.9 Å². The number of carbonyl (C=O) groups excluding carboxylic acids is 2. The topological polar surface area (TPSA) is 122 Å². The third-order valence-electron chi connectivity index (χ3n) is 5.96. The van der Waals surface area contributed by atoms with Gasteiger partial charge in [0.1, 0.15) is 22.9 Å². The van der Waals surface area contributed by atoms with Crippen LogP contribution >= 0.6 is 0 Å². The Bertz CT molecular complexity index is 1140. The van der Waals surface area contributed by atoms with Gasteiger partial charge in [-0.15, -0.1) is 0 Å². The lowest BCUT2D eigenvalue weighted by atomic mass is 9.90. The Labute approximate surface area is 203 Å². The minimum Gasteiger partial charge on any atom is -0.394 e. The highest BCUT2D eigenvalue weighted by Gasteiger charge is 2.30. The number of hydrogen-bond donors (Lipinski definition) is 2. The van der Waals surface area contributed by atoms with Gasteiger partial charge in [0.2, 0.25) is 11.6 Å². The van der Waals surface area contributed by atoms with E-state index in [0.29, 0.717) is 49.5 Å². The van der Waals surface area contributed by atoms with Crippen molar-refractivity contribution in [3.63, 3.8) is 0 Å². The summed E-state index contributed by atoms with van der Waals surface area (Å²) in [7, 11) is 0. The highest BCUT2D eigenvalue weighted by Crippen LogP contribution is 2.29. The molecule has 0 saturated carbocycles. The summed E-state index contributed by atoms with van der Waals surface area (Å²) in [6.07, 6.45) is 0.719. The maximum atomic E-state index is 13.4. The fourth-order valence-corrected chi connectivity index (χ4v) is 4.21. The zero-order valence-electron chi connectivity index (χ0n) is 19.9. The molecule has 186 valence electrons. The Balaban J connectivity index is 0.00000167. The van der Waals surface area contributed by atoms with E-state index in [-0.39, 0.29) is 28.6 Å². The molecule has 0 radical (unpaired) electrons. The predicted octanol–water partition coefficient (Wildman–Crippen LogP) is 3.11. The van der Waals surface area contributed by atoms with Gasteiger partial charge in [-0.1, -0.05) is 38.1 Å². The van der Waals surface area contributed by atoms with E-state index in [9.17, 15) is 24.1 Å². The van der Waals surface area contributed by atoms with Gasteiger partial charge < -0.3 is 16.0 Å². The number of nitrogens with one attached hydrogen (secondary N) is 1. The van der Waals surface area contributed by atoms with Crippen molar-refractivity contribution in [1.82, 2.24) is 10.2 Å². The zero-order valence-corrected chi connectivity index (χ0v) is 19.9. The van der Waals surface area contributed by atoms with E-state index < -0.39 is 10.7 Å². The fraction of sp³-hybridized carbons (Fsp3) is 0.360. The second-order valence-electron chi connectivity index (χ2n) is 7.99. The number of anilines is 1. The summed E-state index contributed by atoms with van der Waals surface area (Å²) >= 11 is 0. The Morgan fingerprint density at radius 1 is 1.03 bits per heavy atom. The summed E-state index contributed by atoms with van der Waals surface area (Å²) in [6, 6.07) is 10.3. The molecule has 0 bridgehead atoms. The number of nitro benzene ring substituents is 1. The summed E-state index contributed by atoms with van der Waals surface area (Å²) in [5.41, 5.74) is 6.88. The fourth-order valence-electron chi connectivity index (χ4n) is 4.21. The van der Waals surface area contributed by atoms with Crippen LogP contribution in [0.3, 0.4) is 0 Å². The summed E-state index contributed by atoms with van der Waals surface area (Å²) in [5.74, 6) is -1.26. The van der Waals surface area contributed by atoms with E-state index >= 15 is 0 Å². The number of piperazine rings is 1. The molecule has 1 fully saturated rings. The minimum atomic E-state index is -0.631. The van der Waals surface area contributed by atoms with Crippen LogP contribution in [0.1, 0.15) is 41.0 Å². The SMILES string of the molecule is CC.NC1=C(NCCCN2CCN(c3ccc(F)cc3[N+](=O)[O-])CC2)C(=O)c2ccccc2C1=O. The van der Waals surface area contributed by atoms with Crippen LogP contribution in [0, 0.1) is 15.9 Å². The van der Waals surface area contributed by atoms with Gasteiger partial charge in [0.15, 0.2) is 0 Å². The van der Waals surface area contributed by atoms with Gasteiger partial charge >= 0.3 is 0 Å². The van der Waals surface area contributed by atoms with Gasteiger partial charge in [0.25, 0.3) is 5.69 Å². The molecule has 1 aliphatic carbocycles. The van der Waals surface area contributed by atoms with Crippen molar-refractivity contribution in [1.29, 1.82) is 0 Å². The van der Waals surface area contributed by atoms with E-state index in [4.69, 9.17) is 5.73 Å². The average molecular weight is 484 g/mol. The number of benzene rings is 2. The highest BCUT2D eigenvalue weighted by molar-refractivity contribution is 6.26. The van der Waals surface area contributed by atoms with Gasteiger partial charge in [-0.25, -0.2) is 4.39 Å². The van der Waals surface area contributed by atoms with Crippen LogP contribution in [0.25, 0.3) is 0 Å². The number of hydrogen-bond acceptors (Lipinski definition) is 8. The smallest absolute Gasteiger partial charge is 0.295 e. The second-order valence-corrected chi connectivity index (χ2v) is 7.99. The van der Waals surface area contributed by atoms with E-state index in [1.807, 2.05) is 18.7 Å².